The molecular weight excluding hydrogens is 328 g/mol. The Kier molecular flexibility index (Phi) is 3.70. The Morgan fingerprint density at radius 3 is 2.52 bits per heavy atom. The van der Waals surface area contributed by atoms with Crippen LogP contribution in [0.3, 0.4) is 0 Å². The van der Waals surface area contributed by atoms with Gasteiger partial charge in [0.15, 0.2) is 0 Å². The minimum absolute atomic E-state index is 0.440. The average Bonchev–Trinajstić information content (AvgIpc) is 3.22. The fraction of sp³-hybridized carbons (Fsp3) is 0.412. The third-order valence-electron chi connectivity index (χ3n) is 5.04. The predicted molar refractivity (Wildman–Crippen MR) is 93.8 cm³/mol. The lowest BCUT2D eigenvalue weighted by molar-refractivity contribution is 0.447. The summed E-state index contributed by atoms with van der Waals surface area (Å²) >= 11 is 1.33. The molecule has 0 bridgehead atoms. The molecule has 2 aliphatic rings. The monoisotopic (exact) mass is 348 g/mol. The van der Waals surface area contributed by atoms with Gasteiger partial charge in [-0.3, -0.25) is 0 Å². The topological polar surface area (TPSA) is 63.4 Å². The fourth-order valence-electron chi connectivity index (χ4n) is 3.82. The van der Waals surface area contributed by atoms with Gasteiger partial charge in [0.05, 0.1) is 0 Å². The van der Waals surface area contributed by atoms with Crippen molar-refractivity contribution in [1.29, 1.82) is 0 Å². The van der Waals surface area contributed by atoms with Crippen molar-refractivity contribution >= 4 is 27.0 Å². The molecule has 2 fully saturated rings. The van der Waals surface area contributed by atoms with Crippen molar-refractivity contribution in [2.24, 2.45) is 11.8 Å². The molecule has 4 nitrogen and oxygen atoms in total. The molecule has 1 aliphatic heterocycles. The van der Waals surface area contributed by atoms with Crippen molar-refractivity contribution in [3.8, 4) is 10.4 Å². The van der Waals surface area contributed by atoms with Crippen LogP contribution < -0.4 is 5.73 Å². The molecule has 0 radical (unpaired) electrons. The van der Waals surface area contributed by atoms with Gasteiger partial charge in [-0.15, -0.1) is 11.3 Å². The summed E-state index contributed by atoms with van der Waals surface area (Å²) in [6.07, 6.45) is 3.60. The standard InChI is InChI=1S/C17H20N2O2S2/c18-15-6-2-3-12(9-15)16-7-8-17(22-16)23(20,21)19-10-13-4-1-5-14(13)11-19/h2-3,6-9,13-14H,1,4-5,10-11,18H2/t13-,14+. The second-order valence-corrected chi connectivity index (χ2v) is 9.77. The molecule has 0 unspecified atom stereocenters. The largest absolute Gasteiger partial charge is 0.399 e. The average molecular weight is 348 g/mol. The van der Waals surface area contributed by atoms with E-state index in [1.807, 2.05) is 30.3 Å². The number of fused-ring (bicyclic) bond motifs is 1. The first-order chi connectivity index (χ1) is 11.0. The summed E-state index contributed by atoms with van der Waals surface area (Å²) < 4.78 is 27.9. The van der Waals surface area contributed by atoms with Gasteiger partial charge in [-0.2, -0.15) is 4.31 Å². The summed E-state index contributed by atoms with van der Waals surface area (Å²) in [7, 11) is -3.36. The molecule has 2 N–H and O–H groups in total. The number of hydrogen-bond donors (Lipinski definition) is 1. The van der Waals surface area contributed by atoms with Gasteiger partial charge in [0.1, 0.15) is 4.21 Å². The third-order valence-corrected chi connectivity index (χ3v) is 8.47. The number of anilines is 1. The van der Waals surface area contributed by atoms with Gasteiger partial charge < -0.3 is 5.73 Å². The Morgan fingerprint density at radius 1 is 1.09 bits per heavy atom. The normalized spacial score (nSPS) is 24.9. The Balaban J connectivity index is 1.61. The molecule has 1 saturated carbocycles. The Morgan fingerprint density at radius 2 is 1.83 bits per heavy atom. The fourth-order valence-corrected chi connectivity index (χ4v) is 6.83. The number of nitrogen functional groups attached to an aromatic ring is 1. The molecule has 122 valence electrons. The molecule has 23 heavy (non-hydrogen) atoms. The summed E-state index contributed by atoms with van der Waals surface area (Å²) in [6, 6.07) is 11.2. The van der Waals surface area contributed by atoms with Gasteiger partial charge in [0.25, 0.3) is 10.0 Å². The molecule has 2 aromatic rings. The van der Waals surface area contributed by atoms with Crippen molar-refractivity contribution in [3.05, 3.63) is 36.4 Å². The molecule has 0 amide bonds. The zero-order chi connectivity index (χ0) is 16.0. The molecule has 1 aliphatic carbocycles. The Labute approximate surface area is 141 Å². The number of thiophene rings is 1. The van der Waals surface area contributed by atoms with E-state index in [0.29, 0.717) is 34.8 Å². The second kappa shape index (κ2) is 5.61. The molecule has 0 spiro atoms. The van der Waals surface area contributed by atoms with Gasteiger partial charge >= 0.3 is 0 Å². The van der Waals surface area contributed by atoms with Crippen LogP contribution in [0.5, 0.6) is 0 Å². The van der Waals surface area contributed by atoms with Crippen LogP contribution in [-0.2, 0) is 10.0 Å². The molecule has 1 aromatic carbocycles. The number of nitrogens with zero attached hydrogens (tertiary/aromatic N) is 1. The van der Waals surface area contributed by atoms with Gasteiger partial charge in [-0.05, 0) is 54.5 Å². The van der Waals surface area contributed by atoms with Crippen LogP contribution in [0.15, 0.2) is 40.6 Å². The van der Waals surface area contributed by atoms with Crippen molar-refractivity contribution < 1.29 is 8.42 Å². The maximum Gasteiger partial charge on any atom is 0.252 e. The number of rotatable bonds is 3. The first-order valence-corrected chi connectivity index (χ1v) is 10.3. The van der Waals surface area contributed by atoms with Crippen LogP contribution in [0.1, 0.15) is 19.3 Å². The number of benzene rings is 1. The summed E-state index contributed by atoms with van der Waals surface area (Å²) in [5, 5.41) is 0. The van der Waals surface area contributed by atoms with Crippen molar-refractivity contribution in [2.45, 2.75) is 23.5 Å². The lowest BCUT2D eigenvalue weighted by atomic mass is 10.0. The zero-order valence-corrected chi connectivity index (χ0v) is 14.4. The van der Waals surface area contributed by atoms with E-state index in [1.54, 1.807) is 10.4 Å². The van der Waals surface area contributed by atoms with E-state index in [-0.39, 0.29) is 0 Å². The minimum atomic E-state index is -3.36. The van der Waals surface area contributed by atoms with Crippen molar-refractivity contribution in [2.75, 3.05) is 18.8 Å². The molecule has 2 heterocycles. The molecule has 2 atom stereocenters. The molecular formula is C17H20N2O2S2. The van der Waals surface area contributed by atoms with E-state index < -0.39 is 10.0 Å². The van der Waals surface area contributed by atoms with Crippen LogP contribution in [0.2, 0.25) is 0 Å². The highest BCUT2D eigenvalue weighted by atomic mass is 32.2. The van der Waals surface area contributed by atoms with E-state index in [2.05, 4.69) is 0 Å². The highest BCUT2D eigenvalue weighted by molar-refractivity contribution is 7.91. The third kappa shape index (κ3) is 2.69. The number of nitrogens with two attached hydrogens (primary N) is 1. The maximum atomic E-state index is 12.9. The number of sulfonamides is 1. The highest BCUT2D eigenvalue weighted by Gasteiger charge is 2.41. The Bertz CT molecular complexity index is 817. The summed E-state index contributed by atoms with van der Waals surface area (Å²) in [5.74, 6) is 1.14. The van der Waals surface area contributed by atoms with Crippen LogP contribution in [0, 0.1) is 11.8 Å². The van der Waals surface area contributed by atoms with Crippen LogP contribution in [-0.4, -0.2) is 25.8 Å². The number of hydrogen-bond acceptors (Lipinski definition) is 4. The summed E-state index contributed by atoms with van der Waals surface area (Å²) in [5.41, 5.74) is 7.47. The first kappa shape index (κ1) is 15.2. The quantitative estimate of drug-likeness (QED) is 0.865. The smallest absolute Gasteiger partial charge is 0.252 e. The van der Waals surface area contributed by atoms with E-state index in [1.165, 1.54) is 30.6 Å². The molecule has 1 saturated heterocycles. The van der Waals surface area contributed by atoms with Gasteiger partial charge in [0.2, 0.25) is 0 Å². The van der Waals surface area contributed by atoms with E-state index in [4.69, 9.17) is 5.73 Å². The highest BCUT2D eigenvalue weighted by Crippen LogP contribution is 2.41. The van der Waals surface area contributed by atoms with E-state index >= 15 is 0 Å². The minimum Gasteiger partial charge on any atom is -0.399 e. The SMILES string of the molecule is Nc1cccc(-c2ccc(S(=O)(=O)N3C[C@H]4CCC[C@H]4C3)s2)c1. The van der Waals surface area contributed by atoms with Gasteiger partial charge in [0, 0.05) is 23.7 Å². The first-order valence-electron chi connectivity index (χ1n) is 8.00. The molecule has 6 heteroatoms. The second-order valence-electron chi connectivity index (χ2n) is 6.52. The predicted octanol–water partition coefficient (Wildman–Crippen LogP) is 3.42. The molecule has 1 aromatic heterocycles. The van der Waals surface area contributed by atoms with Gasteiger partial charge in [-0.25, -0.2) is 8.42 Å². The maximum absolute atomic E-state index is 12.9. The lowest BCUT2D eigenvalue weighted by Gasteiger charge is -2.15. The summed E-state index contributed by atoms with van der Waals surface area (Å²) in [6.45, 7) is 1.39. The lowest BCUT2D eigenvalue weighted by Crippen LogP contribution is -2.29. The Hall–Kier alpha value is -1.37. The van der Waals surface area contributed by atoms with E-state index in [9.17, 15) is 8.42 Å². The van der Waals surface area contributed by atoms with Crippen LogP contribution in [0.4, 0.5) is 5.69 Å². The van der Waals surface area contributed by atoms with Gasteiger partial charge in [-0.1, -0.05) is 18.6 Å². The van der Waals surface area contributed by atoms with Crippen molar-refractivity contribution in [3.63, 3.8) is 0 Å². The van der Waals surface area contributed by atoms with Crippen molar-refractivity contribution in [1.82, 2.24) is 4.31 Å². The zero-order valence-electron chi connectivity index (χ0n) is 12.8. The van der Waals surface area contributed by atoms with Crippen LogP contribution in [0.25, 0.3) is 10.4 Å². The molecule has 4 rings (SSSR count). The van der Waals surface area contributed by atoms with E-state index in [0.717, 1.165) is 10.4 Å². The summed E-state index contributed by atoms with van der Waals surface area (Å²) in [4.78, 5) is 0.940. The van der Waals surface area contributed by atoms with Crippen LogP contribution >= 0.6 is 11.3 Å².